The summed E-state index contributed by atoms with van der Waals surface area (Å²) in [4.78, 5) is 10.0. The van der Waals surface area contributed by atoms with E-state index in [9.17, 15) is 13.2 Å². The molecule has 0 amide bonds. The fourth-order valence-electron chi connectivity index (χ4n) is 0.656. The predicted octanol–water partition coefficient (Wildman–Crippen LogP) is 0.489. The summed E-state index contributed by atoms with van der Waals surface area (Å²) < 4.78 is 28.6. The monoisotopic (exact) mass is 180 g/mol. The van der Waals surface area contributed by atoms with Crippen molar-refractivity contribution in [2.75, 3.05) is 5.75 Å². The van der Waals surface area contributed by atoms with Crippen molar-refractivity contribution in [3.63, 3.8) is 0 Å². The van der Waals surface area contributed by atoms with E-state index in [0.717, 1.165) is 6.29 Å². The first-order chi connectivity index (χ1) is 4.95. The number of hydrogen-bond donors (Lipinski definition) is 1. The second kappa shape index (κ2) is 4.46. The molecular weight excluding hydrogens is 168 g/mol. The average molecular weight is 180 g/mol. The fourth-order valence-corrected chi connectivity index (χ4v) is 1.19. The molecule has 0 radical (unpaired) electrons. The smallest absolute Gasteiger partial charge is 0.264 e. The van der Waals surface area contributed by atoms with E-state index in [4.69, 9.17) is 4.55 Å². The van der Waals surface area contributed by atoms with Gasteiger partial charge >= 0.3 is 0 Å². The van der Waals surface area contributed by atoms with Gasteiger partial charge in [0.25, 0.3) is 10.1 Å². The minimum absolute atomic E-state index is 0.128. The van der Waals surface area contributed by atoms with E-state index in [2.05, 4.69) is 0 Å². The van der Waals surface area contributed by atoms with Crippen LogP contribution in [0.2, 0.25) is 0 Å². The maximum absolute atomic E-state index is 10.2. The van der Waals surface area contributed by atoms with Gasteiger partial charge in [-0.15, -0.1) is 0 Å². The average Bonchev–Trinajstić information content (AvgIpc) is 1.85. The van der Waals surface area contributed by atoms with Crippen molar-refractivity contribution in [2.45, 2.75) is 19.8 Å². The van der Waals surface area contributed by atoms with Crippen molar-refractivity contribution in [1.29, 1.82) is 0 Å². The lowest BCUT2D eigenvalue weighted by Gasteiger charge is -2.00. The maximum Gasteiger partial charge on any atom is 0.264 e. The molecule has 11 heavy (non-hydrogen) atoms. The Hall–Kier alpha value is -0.420. The highest BCUT2D eigenvalue weighted by Crippen LogP contribution is 2.02. The molecule has 5 heteroatoms. The van der Waals surface area contributed by atoms with E-state index in [1.165, 1.54) is 0 Å². The molecule has 1 N–H and O–H groups in total. The molecule has 4 nitrogen and oxygen atoms in total. The van der Waals surface area contributed by atoms with Crippen LogP contribution in [0.4, 0.5) is 0 Å². The van der Waals surface area contributed by atoms with Crippen LogP contribution >= 0.6 is 0 Å². The minimum Gasteiger partial charge on any atom is -0.303 e. The second-order valence-electron chi connectivity index (χ2n) is 2.54. The molecule has 0 aliphatic rings. The van der Waals surface area contributed by atoms with Crippen molar-refractivity contribution >= 4 is 16.4 Å². The van der Waals surface area contributed by atoms with Crippen LogP contribution in [0, 0.1) is 5.92 Å². The van der Waals surface area contributed by atoms with Gasteiger partial charge in [-0.25, -0.2) is 0 Å². The van der Waals surface area contributed by atoms with Gasteiger partial charge in [-0.3, -0.25) is 4.55 Å². The normalized spacial score (nSPS) is 14.4. The van der Waals surface area contributed by atoms with Gasteiger partial charge in [-0.05, 0) is 12.8 Å². The standard InChI is InChI=1S/C6H12O4S/c1-6(5-7)3-2-4-11(8,9)10/h5-6H,2-4H2,1H3,(H,8,9,10). The molecule has 0 saturated heterocycles. The van der Waals surface area contributed by atoms with Gasteiger partial charge in [0.1, 0.15) is 6.29 Å². The van der Waals surface area contributed by atoms with Gasteiger partial charge in [-0.2, -0.15) is 8.42 Å². The molecule has 1 atom stereocenters. The summed E-state index contributed by atoms with van der Waals surface area (Å²) in [5.74, 6) is -0.387. The Morgan fingerprint density at radius 2 is 2.09 bits per heavy atom. The van der Waals surface area contributed by atoms with Crippen LogP contribution in [0.15, 0.2) is 0 Å². The molecule has 0 rings (SSSR count). The van der Waals surface area contributed by atoms with E-state index in [1.807, 2.05) is 0 Å². The Bertz CT molecular complexity index is 207. The third-order valence-corrected chi connectivity index (χ3v) is 2.10. The van der Waals surface area contributed by atoms with E-state index >= 15 is 0 Å². The van der Waals surface area contributed by atoms with Crippen molar-refractivity contribution in [3.05, 3.63) is 0 Å². The van der Waals surface area contributed by atoms with Crippen LogP contribution in [0.5, 0.6) is 0 Å². The molecule has 0 heterocycles. The number of rotatable bonds is 5. The third-order valence-electron chi connectivity index (χ3n) is 1.29. The first-order valence-electron chi connectivity index (χ1n) is 3.36. The summed E-state index contributed by atoms with van der Waals surface area (Å²) in [6.45, 7) is 1.71. The molecule has 0 spiro atoms. The summed E-state index contributed by atoms with van der Waals surface area (Å²) in [6, 6.07) is 0. The van der Waals surface area contributed by atoms with Crippen molar-refractivity contribution < 1.29 is 17.8 Å². The highest BCUT2D eigenvalue weighted by atomic mass is 32.2. The summed E-state index contributed by atoms with van der Waals surface area (Å²) >= 11 is 0. The zero-order chi connectivity index (χ0) is 8.91. The zero-order valence-electron chi connectivity index (χ0n) is 6.36. The lowest BCUT2D eigenvalue weighted by Crippen LogP contribution is -2.06. The van der Waals surface area contributed by atoms with Crippen LogP contribution in [0.3, 0.4) is 0 Å². The van der Waals surface area contributed by atoms with Crippen molar-refractivity contribution in [1.82, 2.24) is 0 Å². The van der Waals surface area contributed by atoms with E-state index in [-0.39, 0.29) is 11.7 Å². The molecule has 0 bridgehead atoms. The highest BCUT2D eigenvalue weighted by molar-refractivity contribution is 7.85. The largest absolute Gasteiger partial charge is 0.303 e. The highest BCUT2D eigenvalue weighted by Gasteiger charge is 2.05. The summed E-state index contributed by atoms with van der Waals surface area (Å²) in [6.07, 6.45) is 1.60. The molecule has 66 valence electrons. The molecule has 0 aromatic rings. The first kappa shape index (κ1) is 10.6. The Labute approximate surface area is 66.4 Å². The topological polar surface area (TPSA) is 71.4 Å². The van der Waals surface area contributed by atoms with Crippen LogP contribution in [0.25, 0.3) is 0 Å². The zero-order valence-corrected chi connectivity index (χ0v) is 7.17. The quantitative estimate of drug-likeness (QED) is 0.493. The van der Waals surface area contributed by atoms with Gasteiger partial charge in [0.2, 0.25) is 0 Å². The van der Waals surface area contributed by atoms with Gasteiger partial charge in [0, 0.05) is 5.92 Å². The SMILES string of the molecule is CC(C=O)CCCS(=O)(=O)O. The minimum atomic E-state index is -3.84. The number of hydrogen-bond acceptors (Lipinski definition) is 3. The lowest BCUT2D eigenvalue weighted by atomic mass is 10.1. The predicted molar refractivity (Wildman–Crippen MR) is 40.9 cm³/mol. The molecule has 1 unspecified atom stereocenters. The van der Waals surface area contributed by atoms with Gasteiger partial charge in [0.15, 0.2) is 0 Å². The summed E-state index contributed by atoms with van der Waals surface area (Å²) in [5, 5.41) is 0. The molecule has 0 aromatic heterocycles. The molecule has 0 aliphatic heterocycles. The molecule has 0 saturated carbocycles. The maximum atomic E-state index is 10.2. The summed E-state index contributed by atoms with van der Waals surface area (Å²) in [5.41, 5.74) is 0. The number of carbonyl (C=O) groups is 1. The van der Waals surface area contributed by atoms with E-state index < -0.39 is 10.1 Å². The third kappa shape index (κ3) is 7.48. The van der Waals surface area contributed by atoms with Crippen LogP contribution in [-0.4, -0.2) is 25.0 Å². The second-order valence-corrected chi connectivity index (χ2v) is 4.11. The molecular formula is C6H12O4S. The van der Waals surface area contributed by atoms with Gasteiger partial charge in [0.05, 0.1) is 5.75 Å². The fraction of sp³-hybridized carbons (Fsp3) is 0.833. The van der Waals surface area contributed by atoms with Gasteiger partial charge in [-0.1, -0.05) is 6.92 Å². The van der Waals surface area contributed by atoms with Crippen molar-refractivity contribution in [3.8, 4) is 0 Å². The van der Waals surface area contributed by atoms with Gasteiger partial charge < -0.3 is 4.79 Å². The van der Waals surface area contributed by atoms with E-state index in [0.29, 0.717) is 12.8 Å². The molecule has 0 aromatic carbocycles. The number of aldehydes is 1. The van der Waals surface area contributed by atoms with Crippen molar-refractivity contribution in [2.24, 2.45) is 5.92 Å². The van der Waals surface area contributed by atoms with Crippen LogP contribution in [0.1, 0.15) is 19.8 Å². The Morgan fingerprint density at radius 1 is 1.55 bits per heavy atom. The lowest BCUT2D eigenvalue weighted by molar-refractivity contribution is -0.110. The Morgan fingerprint density at radius 3 is 2.45 bits per heavy atom. The first-order valence-corrected chi connectivity index (χ1v) is 4.97. The summed E-state index contributed by atoms with van der Waals surface area (Å²) in [7, 11) is -3.84. The molecule has 0 fully saturated rings. The molecule has 0 aliphatic carbocycles. The van der Waals surface area contributed by atoms with Crippen LogP contribution in [-0.2, 0) is 14.9 Å². The van der Waals surface area contributed by atoms with Crippen LogP contribution < -0.4 is 0 Å². The van der Waals surface area contributed by atoms with E-state index in [1.54, 1.807) is 6.92 Å². The number of carbonyl (C=O) groups excluding carboxylic acids is 1. The Balaban J connectivity index is 3.51. The Kier molecular flexibility index (Phi) is 4.29.